The van der Waals surface area contributed by atoms with Crippen molar-refractivity contribution in [2.24, 2.45) is 0 Å². The van der Waals surface area contributed by atoms with Crippen LogP contribution in [0.4, 0.5) is 10.2 Å². The van der Waals surface area contributed by atoms with Gasteiger partial charge in [-0.05, 0) is 18.2 Å². The number of H-pyrrole nitrogens is 1. The van der Waals surface area contributed by atoms with Gasteiger partial charge >= 0.3 is 0 Å². The highest BCUT2D eigenvalue weighted by Crippen LogP contribution is 2.27. The molecule has 1 aliphatic heterocycles. The van der Waals surface area contributed by atoms with E-state index in [2.05, 4.69) is 20.5 Å². The monoisotopic (exact) mass is 298 g/mol. The molecule has 0 bridgehead atoms. The van der Waals surface area contributed by atoms with Crippen LogP contribution in [0.15, 0.2) is 42.6 Å². The maximum atomic E-state index is 13.6. The predicted molar refractivity (Wildman–Crippen MR) is 82.5 cm³/mol. The lowest BCUT2D eigenvalue weighted by Gasteiger charge is -2.14. The van der Waals surface area contributed by atoms with E-state index in [0.717, 1.165) is 22.2 Å². The third-order valence-corrected chi connectivity index (χ3v) is 3.85. The third-order valence-electron chi connectivity index (χ3n) is 3.85. The summed E-state index contributed by atoms with van der Waals surface area (Å²) in [6.07, 6.45) is 0.695. The minimum absolute atomic E-state index is 0.140. The molecule has 1 aromatic carbocycles. The lowest BCUT2D eigenvalue weighted by Crippen LogP contribution is -2.29. The fraction of sp³-hybridized carbons (Fsp3) is 0.250. The number of hydrogen-bond acceptors (Lipinski definition) is 4. The molecule has 2 atom stereocenters. The van der Waals surface area contributed by atoms with Gasteiger partial charge in [0.05, 0.1) is 24.8 Å². The molecule has 1 saturated heterocycles. The number of para-hydroxylation sites is 1. The number of nitrogens with zero attached hydrogens (tertiary/aromatic N) is 2. The molecule has 1 aliphatic rings. The lowest BCUT2D eigenvalue weighted by atomic mass is 10.1. The third kappa shape index (κ3) is 2.31. The average molecular weight is 298 g/mol. The van der Waals surface area contributed by atoms with E-state index in [1.165, 1.54) is 0 Å². The number of alkyl halides is 1. The zero-order valence-electron chi connectivity index (χ0n) is 11.8. The Kier molecular flexibility index (Phi) is 3.23. The van der Waals surface area contributed by atoms with Crippen LogP contribution in [-0.4, -0.2) is 40.6 Å². The number of pyridine rings is 1. The van der Waals surface area contributed by atoms with Crippen LogP contribution in [-0.2, 0) is 4.74 Å². The summed E-state index contributed by atoms with van der Waals surface area (Å²) in [5, 5.41) is 11.5. The maximum Gasteiger partial charge on any atom is 0.146 e. The van der Waals surface area contributed by atoms with Gasteiger partial charge in [-0.2, -0.15) is 5.10 Å². The fourth-order valence-electron chi connectivity index (χ4n) is 2.69. The SMILES string of the molecule is F[C@H]1COC[C@H]1Nc1cc(-c2n[nH]c3ccccc23)ccn1. The number of ether oxygens (including phenoxy) is 1. The standard InChI is InChI=1S/C16H15FN4O/c17-12-8-22-9-14(12)19-15-7-10(5-6-18-15)16-11-3-1-2-4-13(11)20-21-16/h1-7,12,14H,8-9H2,(H,18,19)(H,20,21)/t12-,14+/m0/s1. The lowest BCUT2D eigenvalue weighted by molar-refractivity contribution is 0.173. The summed E-state index contributed by atoms with van der Waals surface area (Å²) in [5.74, 6) is 0.628. The Hall–Kier alpha value is -2.47. The Balaban J connectivity index is 1.67. The molecule has 1 fully saturated rings. The van der Waals surface area contributed by atoms with E-state index in [9.17, 15) is 4.39 Å². The highest BCUT2D eigenvalue weighted by atomic mass is 19.1. The van der Waals surface area contributed by atoms with E-state index in [-0.39, 0.29) is 12.6 Å². The van der Waals surface area contributed by atoms with Crippen molar-refractivity contribution in [2.75, 3.05) is 18.5 Å². The Morgan fingerprint density at radius 1 is 1.23 bits per heavy atom. The smallest absolute Gasteiger partial charge is 0.146 e. The summed E-state index contributed by atoms with van der Waals surface area (Å²) < 4.78 is 18.7. The van der Waals surface area contributed by atoms with Gasteiger partial charge in [-0.15, -0.1) is 0 Å². The number of halogens is 1. The zero-order chi connectivity index (χ0) is 14.9. The van der Waals surface area contributed by atoms with E-state index >= 15 is 0 Å². The van der Waals surface area contributed by atoms with Crippen LogP contribution in [0, 0.1) is 0 Å². The summed E-state index contributed by atoms with van der Waals surface area (Å²) in [5.41, 5.74) is 2.78. The molecule has 22 heavy (non-hydrogen) atoms. The van der Waals surface area contributed by atoms with Gasteiger partial charge in [0.25, 0.3) is 0 Å². The van der Waals surface area contributed by atoms with Gasteiger partial charge in [-0.3, -0.25) is 5.10 Å². The number of aromatic amines is 1. The second kappa shape index (κ2) is 5.38. The maximum absolute atomic E-state index is 13.6. The van der Waals surface area contributed by atoms with E-state index < -0.39 is 6.17 Å². The zero-order valence-corrected chi connectivity index (χ0v) is 11.8. The molecule has 2 aromatic heterocycles. The van der Waals surface area contributed by atoms with Crippen LogP contribution < -0.4 is 5.32 Å². The first-order chi connectivity index (χ1) is 10.8. The Morgan fingerprint density at radius 2 is 2.14 bits per heavy atom. The minimum Gasteiger partial charge on any atom is -0.376 e. The Bertz CT molecular complexity index is 803. The van der Waals surface area contributed by atoms with Crippen molar-refractivity contribution in [1.82, 2.24) is 15.2 Å². The highest BCUT2D eigenvalue weighted by molar-refractivity contribution is 5.93. The van der Waals surface area contributed by atoms with Crippen LogP contribution in [0.2, 0.25) is 0 Å². The molecule has 3 heterocycles. The van der Waals surface area contributed by atoms with Crippen LogP contribution in [0.3, 0.4) is 0 Å². The van der Waals surface area contributed by atoms with Crippen molar-refractivity contribution in [3.63, 3.8) is 0 Å². The molecule has 0 saturated carbocycles. The molecule has 112 valence electrons. The molecule has 2 N–H and O–H groups in total. The van der Waals surface area contributed by atoms with E-state index in [1.807, 2.05) is 36.4 Å². The normalized spacial score (nSPS) is 21.3. The van der Waals surface area contributed by atoms with Gasteiger partial charge in [0.15, 0.2) is 0 Å². The Labute approximate surface area is 126 Å². The Morgan fingerprint density at radius 3 is 3.00 bits per heavy atom. The van der Waals surface area contributed by atoms with Gasteiger partial charge in [-0.25, -0.2) is 9.37 Å². The van der Waals surface area contributed by atoms with Crippen LogP contribution in [0.1, 0.15) is 0 Å². The number of fused-ring (bicyclic) bond motifs is 1. The molecule has 0 spiro atoms. The summed E-state index contributed by atoms with van der Waals surface area (Å²) in [6.45, 7) is 0.500. The number of anilines is 1. The number of rotatable bonds is 3. The summed E-state index contributed by atoms with van der Waals surface area (Å²) in [7, 11) is 0. The fourth-order valence-corrected chi connectivity index (χ4v) is 2.69. The quantitative estimate of drug-likeness (QED) is 0.780. The van der Waals surface area contributed by atoms with E-state index in [4.69, 9.17) is 4.74 Å². The van der Waals surface area contributed by atoms with Gasteiger partial charge in [0.1, 0.15) is 17.7 Å². The van der Waals surface area contributed by atoms with Crippen molar-refractivity contribution in [2.45, 2.75) is 12.2 Å². The second-order valence-electron chi connectivity index (χ2n) is 5.35. The van der Waals surface area contributed by atoms with Crippen molar-refractivity contribution in [3.8, 4) is 11.3 Å². The van der Waals surface area contributed by atoms with Gasteiger partial charge in [-0.1, -0.05) is 18.2 Å². The largest absolute Gasteiger partial charge is 0.376 e. The molecular weight excluding hydrogens is 283 g/mol. The van der Waals surface area contributed by atoms with E-state index in [0.29, 0.717) is 12.4 Å². The van der Waals surface area contributed by atoms with Gasteiger partial charge < -0.3 is 10.1 Å². The van der Waals surface area contributed by atoms with Gasteiger partial charge in [0, 0.05) is 17.1 Å². The molecule has 0 aliphatic carbocycles. The number of aromatic nitrogens is 3. The van der Waals surface area contributed by atoms with Crippen molar-refractivity contribution in [3.05, 3.63) is 42.6 Å². The molecule has 3 aromatic rings. The van der Waals surface area contributed by atoms with Crippen molar-refractivity contribution in [1.29, 1.82) is 0 Å². The molecular formula is C16H15FN4O. The number of benzene rings is 1. The van der Waals surface area contributed by atoms with Crippen LogP contribution >= 0.6 is 0 Å². The number of hydrogen-bond donors (Lipinski definition) is 2. The first kappa shape index (κ1) is 13.2. The molecule has 0 amide bonds. The highest BCUT2D eigenvalue weighted by Gasteiger charge is 2.28. The number of nitrogens with one attached hydrogen (secondary N) is 2. The first-order valence-corrected chi connectivity index (χ1v) is 7.19. The molecule has 0 radical (unpaired) electrons. The average Bonchev–Trinajstić information content (AvgIpc) is 3.14. The molecule has 0 unspecified atom stereocenters. The van der Waals surface area contributed by atoms with Crippen molar-refractivity contribution >= 4 is 16.7 Å². The predicted octanol–water partition coefficient (Wildman–Crippen LogP) is 2.77. The summed E-state index contributed by atoms with van der Waals surface area (Å²) in [6, 6.07) is 11.4. The summed E-state index contributed by atoms with van der Waals surface area (Å²) >= 11 is 0. The molecule has 6 heteroatoms. The minimum atomic E-state index is -1.00. The molecule has 4 rings (SSSR count). The van der Waals surface area contributed by atoms with Gasteiger partial charge in [0.2, 0.25) is 0 Å². The first-order valence-electron chi connectivity index (χ1n) is 7.19. The molecule has 5 nitrogen and oxygen atoms in total. The topological polar surface area (TPSA) is 62.8 Å². The van der Waals surface area contributed by atoms with Crippen molar-refractivity contribution < 1.29 is 9.13 Å². The summed E-state index contributed by atoms with van der Waals surface area (Å²) in [4.78, 5) is 4.26. The van der Waals surface area contributed by atoms with E-state index in [1.54, 1.807) is 6.20 Å². The van der Waals surface area contributed by atoms with Crippen LogP contribution in [0.5, 0.6) is 0 Å². The second-order valence-corrected chi connectivity index (χ2v) is 5.35. The van der Waals surface area contributed by atoms with Crippen LogP contribution in [0.25, 0.3) is 22.2 Å².